The van der Waals surface area contributed by atoms with Crippen LogP contribution in [0.15, 0.2) is 71.3 Å². The summed E-state index contributed by atoms with van der Waals surface area (Å²) in [5.41, 5.74) is 2.41. The number of rotatable bonds is 10. The van der Waals surface area contributed by atoms with Crippen LogP contribution in [0, 0.1) is 15.9 Å². The molecule has 2 aromatic heterocycles. The van der Waals surface area contributed by atoms with Crippen LogP contribution >= 0.6 is 0 Å². The molecule has 1 amide bonds. The van der Waals surface area contributed by atoms with E-state index in [0.29, 0.717) is 34.5 Å². The number of hydrogen-bond donors (Lipinski definition) is 1. The van der Waals surface area contributed by atoms with E-state index in [1.807, 2.05) is 19.0 Å². The standard InChI is InChI=1S/C27H25FN4O6/c1-31(2)15-22-21(17-6-4-7-19(12-17)32(34)35)14-23(20-10-9-18(28)13-25(20)38-16-36-3)29-26(22)30-27(33)24-8-5-11-37-24/h4-14H,15-16H2,1-3H3,(H,29,30,33). The van der Waals surface area contributed by atoms with Crippen LogP contribution in [0.2, 0.25) is 0 Å². The normalized spacial score (nSPS) is 11.0. The second-order valence-corrected chi connectivity index (χ2v) is 8.55. The molecule has 0 aliphatic heterocycles. The first-order valence-corrected chi connectivity index (χ1v) is 11.5. The van der Waals surface area contributed by atoms with Crippen LogP contribution in [0.1, 0.15) is 16.1 Å². The quantitative estimate of drug-likeness (QED) is 0.169. The topological polar surface area (TPSA) is 120 Å². The Hall–Kier alpha value is -4.61. The molecule has 2 aromatic carbocycles. The van der Waals surface area contributed by atoms with Gasteiger partial charge in [-0.05, 0) is 55.6 Å². The van der Waals surface area contributed by atoms with Crippen molar-refractivity contribution in [1.29, 1.82) is 0 Å². The van der Waals surface area contributed by atoms with Gasteiger partial charge in [0.05, 0.1) is 16.9 Å². The Bertz CT molecular complexity index is 1460. The Morgan fingerprint density at radius 3 is 2.63 bits per heavy atom. The fourth-order valence-electron chi connectivity index (χ4n) is 3.86. The summed E-state index contributed by atoms with van der Waals surface area (Å²) >= 11 is 0. The summed E-state index contributed by atoms with van der Waals surface area (Å²) in [5.74, 6) is -0.584. The molecule has 4 aromatic rings. The monoisotopic (exact) mass is 520 g/mol. The molecule has 38 heavy (non-hydrogen) atoms. The molecule has 0 aliphatic rings. The van der Waals surface area contributed by atoms with E-state index in [1.165, 1.54) is 49.8 Å². The molecule has 0 saturated heterocycles. The minimum absolute atomic E-state index is 0.0794. The van der Waals surface area contributed by atoms with Gasteiger partial charge in [0.1, 0.15) is 17.4 Å². The number of nitrogens with zero attached hydrogens (tertiary/aromatic N) is 3. The number of carbonyl (C=O) groups excluding carboxylic acids is 1. The summed E-state index contributed by atoms with van der Waals surface area (Å²) in [6.07, 6.45) is 1.38. The number of hydrogen-bond acceptors (Lipinski definition) is 8. The number of amides is 1. The molecule has 0 atom stereocenters. The number of non-ortho nitro benzene ring substituents is 1. The predicted molar refractivity (Wildman–Crippen MR) is 138 cm³/mol. The number of furan rings is 1. The van der Waals surface area contributed by atoms with E-state index in [0.717, 1.165) is 0 Å². The second kappa shape index (κ2) is 11.6. The highest BCUT2D eigenvalue weighted by atomic mass is 19.1. The maximum Gasteiger partial charge on any atom is 0.292 e. The summed E-state index contributed by atoms with van der Waals surface area (Å²) in [6, 6.07) is 15.0. The maximum absolute atomic E-state index is 14.1. The fourth-order valence-corrected chi connectivity index (χ4v) is 3.86. The van der Waals surface area contributed by atoms with Gasteiger partial charge in [-0.25, -0.2) is 9.37 Å². The van der Waals surface area contributed by atoms with Gasteiger partial charge in [-0.15, -0.1) is 0 Å². The lowest BCUT2D eigenvalue weighted by molar-refractivity contribution is -0.384. The van der Waals surface area contributed by atoms with Crippen molar-refractivity contribution >= 4 is 17.4 Å². The highest BCUT2D eigenvalue weighted by Gasteiger charge is 2.22. The van der Waals surface area contributed by atoms with Crippen molar-refractivity contribution in [2.24, 2.45) is 0 Å². The van der Waals surface area contributed by atoms with Crippen LogP contribution in [0.5, 0.6) is 5.75 Å². The number of nitro benzene ring substituents is 1. The van der Waals surface area contributed by atoms with Crippen LogP contribution < -0.4 is 10.1 Å². The Balaban J connectivity index is 1.97. The Morgan fingerprint density at radius 2 is 1.95 bits per heavy atom. The van der Waals surface area contributed by atoms with Gasteiger partial charge in [-0.2, -0.15) is 0 Å². The maximum atomic E-state index is 14.1. The number of anilines is 1. The van der Waals surface area contributed by atoms with Crippen LogP contribution in [0.4, 0.5) is 15.9 Å². The lowest BCUT2D eigenvalue weighted by Gasteiger charge is -2.20. The zero-order valence-corrected chi connectivity index (χ0v) is 20.9. The van der Waals surface area contributed by atoms with Gasteiger partial charge >= 0.3 is 0 Å². The van der Waals surface area contributed by atoms with E-state index in [9.17, 15) is 19.3 Å². The molecule has 196 valence electrons. The molecule has 10 nitrogen and oxygen atoms in total. The third-order valence-corrected chi connectivity index (χ3v) is 5.50. The molecular weight excluding hydrogens is 495 g/mol. The Morgan fingerprint density at radius 1 is 1.13 bits per heavy atom. The number of pyridine rings is 1. The minimum Gasteiger partial charge on any atom is -0.467 e. The molecule has 0 spiro atoms. The number of carbonyl (C=O) groups is 1. The SMILES string of the molecule is COCOc1cc(F)ccc1-c1cc(-c2cccc([N+](=O)[O-])c2)c(CN(C)C)c(NC(=O)c2ccco2)n1. The molecule has 2 heterocycles. The van der Waals surface area contributed by atoms with Gasteiger partial charge in [0, 0.05) is 43.0 Å². The van der Waals surface area contributed by atoms with Crippen molar-refractivity contribution in [3.05, 3.63) is 94.2 Å². The van der Waals surface area contributed by atoms with Crippen LogP contribution in [-0.2, 0) is 11.3 Å². The van der Waals surface area contributed by atoms with Crippen molar-refractivity contribution in [3.63, 3.8) is 0 Å². The molecule has 0 saturated carbocycles. The third kappa shape index (κ3) is 6.02. The Labute approximate surface area is 217 Å². The van der Waals surface area contributed by atoms with E-state index >= 15 is 0 Å². The van der Waals surface area contributed by atoms with E-state index < -0.39 is 16.6 Å². The summed E-state index contributed by atoms with van der Waals surface area (Å²) in [6.45, 7) is 0.213. The second-order valence-electron chi connectivity index (χ2n) is 8.55. The molecular formula is C27H25FN4O6. The fraction of sp³-hybridized carbons (Fsp3) is 0.185. The minimum atomic E-state index is -0.528. The Kier molecular flexibility index (Phi) is 8.09. The molecule has 4 rings (SSSR count). The van der Waals surface area contributed by atoms with Gasteiger partial charge in [0.15, 0.2) is 12.6 Å². The molecule has 0 bridgehead atoms. The van der Waals surface area contributed by atoms with E-state index in [2.05, 4.69) is 5.32 Å². The van der Waals surface area contributed by atoms with Crippen molar-refractivity contribution in [2.45, 2.75) is 6.54 Å². The van der Waals surface area contributed by atoms with Gasteiger partial charge in [-0.3, -0.25) is 14.9 Å². The van der Waals surface area contributed by atoms with Gasteiger partial charge in [-0.1, -0.05) is 12.1 Å². The van der Waals surface area contributed by atoms with Crippen molar-refractivity contribution in [1.82, 2.24) is 9.88 Å². The number of nitro groups is 1. The average molecular weight is 521 g/mol. The van der Waals surface area contributed by atoms with Gasteiger partial charge < -0.3 is 24.1 Å². The van der Waals surface area contributed by atoms with Gasteiger partial charge in [0.25, 0.3) is 11.6 Å². The van der Waals surface area contributed by atoms with Crippen molar-refractivity contribution in [3.8, 4) is 28.1 Å². The first-order valence-electron chi connectivity index (χ1n) is 11.5. The van der Waals surface area contributed by atoms with Crippen molar-refractivity contribution < 1.29 is 28.0 Å². The molecule has 0 radical (unpaired) electrons. The summed E-state index contributed by atoms with van der Waals surface area (Å²) in [7, 11) is 5.13. The summed E-state index contributed by atoms with van der Waals surface area (Å²) in [5, 5.41) is 14.3. The number of ether oxygens (including phenoxy) is 2. The third-order valence-electron chi connectivity index (χ3n) is 5.50. The largest absolute Gasteiger partial charge is 0.467 e. The van der Waals surface area contributed by atoms with Crippen molar-refractivity contribution in [2.75, 3.05) is 33.3 Å². The zero-order chi connectivity index (χ0) is 27.2. The lowest BCUT2D eigenvalue weighted by Crippen LogP contribution is -2.19. The molecule has 0 aliphatic carbocycles. The smallest absolute Gasteiger partial charge is 0.292 e. The zero-order valence-electron chi connectivity index (χ0n) is 20.9. The van der Waals surface area contributed by atoms with Crippen LogP contribution in [-0.4, -0.2) is 48.7 Å². The van der Waals surface area contributed by atoms with E-state index in [-0.39, 0.29) is 29.8 Å². The lowest BCUT2D eigenvalue weighted by atomic mass is 9.96. The highest BCUT2D eigenvalue weighted by Crippen LogP contribution is 2.38. The van der Waals surface area contributed by atoms with E-state index in [1.54, 1.807) is 24.3 Å². The average Bonchev–Trinajstić information content (AvgIpc) is 3.43. The molecule has 0 fully saturated rings. The molecule has 0 unspecified atom stereocenters. The summed E-state index contributed by atoms with van der Waals surface area (Å²) < 4.78 is 29.9. The van der Waals surface area contributed by atoms with Crippen LogP contribution in [0.25, 0.3) is 22.4 Å². The van der Waals surface area contributed by atoms with E-state index in [4.69, 9.17) is 18.9 Å². The first kappa shape index (κ1) is 26.5. The first-order chi connectivity index (χ1) is 18.3. The molecule has 11 heteroatoms. The molecule has 1 N–H and O–H groups in total. The number of benzene rings is 2. The highest BCUT2D eigenvalue weighted by molar-refractivity contribution is 6.02. The van der Waals surface area contributed by atoms with Crippen LogP contribution in [0.3, 0.4) is 0 Å². The summed E-state index contributed by atoms with van der Waals surface area (Å²) in [4.78, 5) is 30.6. The number of nitrogens with one attached hydrogen (secondary N) is 1. The number of aromatic nitrogens is 1. The predicted octanol–water partition coefficient (Wildman–Crippen LogP) is 5.35. The number of halogens is 1. The van der Waals surface area contributed by atoms with Gasteiger partial charge in [0.2, 0.25) is 0 Å². The number of methoxy groups -OCH3 is 1.